The first kappa shape index (κ1) is 18.1. The summed E-state index contributed by atoms with van der Waals surface area (Å²) in [5.41, 5.74) is 4.85. The lowest BCUT2D eigenvalue weighted by Crippen LogP contribution is -2.19. The van der Waals surface area contributed by atoms with E-state index in [0.29, 0.717) is 11.4 Å². The van der Waals surface area contributed by atoms with E-state index < -0.39 is 0 Å². The van der Waals surface area contributed by atoms with Gasteiger partial charge in [0.25, 0.3) is 5.91 Å². The Bertz CT molecular complexity index is 1280. The van der Waals surface area contributed by atoms with Crippen LogP contribution in [0.25, 0.3) is 21.9 Å². The quantitative estimate of drug-likeness (QED) is 0.557. The number of fused-ring (bicyclic) bond motifs is 2. The minimum Gasteiger partial charge on any atom is -0.351 e. The Morgan fingerprint density at radius 3 is 2.39 bits per heavy atom. The standard InChI is InChI=1S/C22H24N4O2/c1-22(2,3)14-7-6-13-10-17(24-16(13)11-14)20(27)23-15-8-9-18-19(12-15)26(5)21(28)25(18)4/h6-12,24H,1-5H3,(H,23,27). The van der Waals surface area contributed by atoms with Crippen LogP contribution in [0.15, 0.2) is 47.3 Å². The zero-order valence-corrected chi connectivity index (χ0v) is 16.8. The van der Waals surface area contributed by atoms with Crippen molar-refractivity contribution >= 4 is 33.5 Å². The Balaban J connectivity index is 1.66. The number of imidazole rings is 1. The van der Waals surface area contributed by atoms with Gasteiger partial charge < -0.3 is 10.3 Å². The summed E-state index contributed by atoms with van der Waals surface area (Å²) in [6, 6.07) is 13.5. The normalized spacial score (nSPS) is 12.0. The van der Waals surface area contributed by atoms with Crippen molar-refractivity contribution in [1.29, 1.82) is 0 Å². The number of benzene rings is 2. The molecule has 0 atom stereocenters. The number of rotatable bonds is 2. The summed E-state index contributed by atoms with van der Waals surface area (Å²) in [7, 11) is 3.46. The summed E-state index contributed by atoms with van der Waals surface area (Å²) < 4.78 is 3.16. The molecule has 0 spiro atoms. The molecule has 6 heteroatoms. The fraction of sp³-hybridized carbons (Fsp3) is 0.273. The molecule has 0 unspecified atom stereocenters. The van der Waals surface area contributed by atoms with Gasteiger partial charge in [-0.25, -0.2) is 4.79 Å². The summed E-state index contributed by atoms with van der Waals surface area (Å²) in [4.78, 5) is 28.0. The highest BCUT2D eigenvalue weighted by Crippen LogP contribution is 2.26. The zero-order valence-electron chi connectivity index (χ0n) is 16.8. The van der Waals surface area contributed by atoms with Crippen LogP contribution in [0.1, 0.15) is 36.8 Å². The van der Waals surface area contributed by atoms with Gasteiger partial charge >= 0.3 is 5.69 Å². The molecule has 4 rings (SSSR count). The predicted molar refractivity (Wildman–Crippen MR) is 113 cm³/mol. The Morgan fingerprint density at radius 1 is 0.964 bits per heavy atom. The maximum Gasteiger partial charge on any atom is 0.328 e. The number of H-pyrrole nitrogens is 1. The number of anilines is 1. The summed E-state index contributed by atoms with van der Waals surface area (Å²) in [5, 5.41) is 3.92. The number of nitrogens with zero attached hydrogens (tertiary/aromatic N) is 2. The second-order valence-electron chi connectivity index (χ2n) is 8.29. The molecule has 0 aliphatic carbocycles. The lowest BCUT2D eigenvalue weighted by Gasteiger charge is -2.18. The van der Waals surface area contributed by atoms with E-state index in [4.69, 9.17) is 0 Å². The zero-order chi connectivity index (χ0) is 20.2. The Morgan fingerprint density at radius 2 is 1.68 bits per heavy atom. The van der Waals surface area contributed by atoms with E-state index in [0.717, 1.165) is 21.9 Å². The van der Waals surface area contributed by atoms with Gasteiger partial charge in [-0.2, -0.15) is 0 Å². The molecule has 2 heterocycles. The first-order valence-electron chi connectivity index (χ1n) is 9.25. The third-order valence-corrected chi connectivity index (χ3v) is 5.26. The number of carbonyl (C=O) groups excluding carboxylic acids is 1. The van der Waals surface area contributed by atoms with E-state index in [2.05, 4.69) is 43.2 Å². The first-order chi connectivity index (χ1) is 13.1. The van der Waals surface area contributed by atoms with E-state index in [1.54, 1.807) is 29.3 Å². The van der Waals surface area contributed by atoms with Crippen LogP contribution >= 0.6 is 0 Å². The number of carbonyl (C=O) groups is 1. The summed E-state index contributed by atoms with van der Waals surface area (Å²) >= 11 is 0. The van der Waals surface area contributed by atoms with Crippen molar-refractivity contribution < 1.29 is 4.79 Å². The topological polar surface area (TPSA) is 71.8 Å². The van der Waals surface area contributed by atoms with Crippen LogP contribution in [-0.2, 0) is 19.5 Å². The maximum atomic E-state index is 12.7. The Hall–Kier alpha value is -3.28. The number of hydrogen-bond donors (Lipinski definition) is 2. The molecule has 6 nitrogen and oxygen atoms in total. The molecular formula is C22H24N4O2. The van der Waals surface area contributed by atoms with E-state index in [-0.39, 0.29) is 17.0 Å². The smallest absolute Gasteiger partial charge is 0.328 e. The van der Waals surface area contributed by atoms with Gasteiger partial charge in [-0.15, -0.1) is 0 Å². The second kappa shape index (κ2) is 6.12. The number of aromatic nitrogens is 3. The first-order valence-corrected chi connectivity index (χ1v) is 9.25. The van der Waals surface area contributed by atoms with E-state index in [1.807, 2.05) is 24.3 Å². The van der Waals surface area contributed by atoms with Crippen molar-refractivity contribution in [2.24, 2.45) is 14.1 Å². The molecule has 0 aliphatic rings. The number of aryl methyl sites for hydroxylation is 2. The van der Waals surface area contributed by atoms with Crippen LogP contribution in [0, 0.1) is 0 Å². The van der Waals surface area contributed by atoms with Gasteiger partial charge in [-0.05, 0) is 41.3 Å². The highest BCUT2D eigenvalue weighted by atomic mass is 16.2. The SMILES string of the molecule is Cn1c(=O)n(C)c2cc(NC(=O)c3cc4ccc(C(C)(C)C)cc4[nH]3)ccc21. The van der Waals surface area contributed by atoms with Gasteiger partial charge in [0.2, 0.25) is 0 Å². The van der Waals surface area contributed by atoms with E-state index in [9.17, 15) is 9.59 Å². The minimum absolute atomic E-state index is 0.0444. The number of aromatic amines is 1. The number of nitrogens with one attached hydrogen (secondary N) is 2. The number of amides is 1. The van der Waals surface area contributed by atoms with Gasteiger partial charge in [-0.3, -0.25) is 13.9 Å². The highest BCUT2D eigenvalue weighted by Gasteiger charge is 2.16. The molecule has 4 aromatic rings. The van der Waals surface area contributed by atoms with Crippen LogP contribution in [-0.4, -0.2) is 20.0 Å². The van der Waals surface area contributed by atoms with Crippen LogP contribution in [0.3, 0.4) is 0 Å². The van der Waals surface area contributed by atoms with Gasteiger partial charge in [-0.1, -0.05) is 32.9 Å². The molecule has 0 saturated carbocycles. The largest absolute Gasteiger partial charge is 0.351 e. The van der Waals surface area contributed by atoms with Crippen molar-refractivity contribution in [2.45, 2.75) is 26.2 Å². The van der Waals surface area contributed by atoms with Crippen LogP contribution < -0.4 is 11.0 Å². The lowest BCUT2D eigenvalue weighted by molar-refractivity contribution is 0.102. The van der Waals surface area contributed by atoms with Crippen molar-refractivity contribution in [3.63, 3.8) is 0 Å². The Kier molecular flexibility index (Phi) is 3.96. The minimum atomic E-state index is -0.214. The second-order valence-corrected chi connectivity index (χ2v) is 8.29. The molecule has 1 amide bonds. The van der Waals surface area contributed by atoms with Crippen LogP contribution in [0.2, 0.25) is 0 Å². The van der Waals surface area contributed by atoms with Gasteiger partial charge in [0.15, 0.2) is 0 Å². The van der Waals surface area contributed by atoms with Gasteiger partial charge in [0, 0.05) is 30.7 Å². The molecule has 0 fully saturated rings. The molecule has 0 aliphatic heterocycles. The van der Waals surface area contributed by atoms with Crippen molar-refractivity contribution in [3.05, 3.63) is 64.2 Å². The van der Waals surface area contributed by atoms with E-state index >= 15 is 0 Å². The summed E-state index contributed by atoms with van der Waals surface area (Å²) in [6.45, 7) is 6.49. The third kappa shape index (κ3) is 2.91. The fourth-order valence-electron chi connectivity index (χ4n) is 3.50. The molecular weight excluding hydrogens is 352 g/mol. The lowest BCUT2D eigenvalue weighted by atomic mass is 9.87. The average molecular weight is 376 g/mol. The van der Waals surface area contributed by atoms with Crippen LogP contribution in [0.4, 0.5) is 5.69 Å². The molecule has 2 aromatic carbocycles. The average Bonchev–Trinajstić information content (AvgIpc) is 3.16. The summed E-state index contributed by atoms with van der Waals surface area (Å²) in [6.07, 6.45) is 0. The fourth-order valence-corrected chi connectivity index (χ4v) is 3.50. The Labute approximate surface area is 162 Å². The van der Waals surface area contributed by atoms with Crippen molar-refractivity contribution in [2.75, 3.05) is 5.32 Å². The van der Waals surface area contributed by atoms with Crippen LogP contribution in [0.5, 0.6) is 0 Å². The van der Waals surface area contributed by atoms with Crippen molar-refractivity contribution in [3.8, 4) is 0 Å². The predicted octanol–water partition coefficient (Wildman–Crippen LogP) is 3.91. The molecule has 2 aromatic heterocycles. The van der Waals surface area contributed by atoms with Gasteiger partial charge in [0.05, 0.1) is 11.0 Å². The monoisotopic (exact) mass is 376 g/mol. The van der Waals surface area contributed by atoms with E-state index in [1.165, 1.54) is 5.56 Å². The van der Waals surface area contributed by atoms with Gasteiger partial charge in [0.1, 0.15) is 5.69 Å². The highest BCUT2D eigenvalue weighted by molar-refractivity contribution is 6.06. The number of hydrogen-bond acceptors (Lipinski definition) is 2. The maximum absolute atomic E-state index is 12.7. The molecule has 2 N–H and O–H groups in total. The third-order valence-electron chi connectivity index (χ3n) is 5.26. The molecule has 0 bridgehead atoms. The molecule has 144 valence electrons. The molecule has 0 radical (unpaired) electrons. The summed E-state index contributed by atoms with van der Waals surface area (Å²) in [5.74, 6) is -0.214. The molecule has 28 heavy (non-hydrogen) atoms. The molecule has 0 saturated heterocycles. The van der Waals surface area contributed by atoms with Crippen molar-refractivity contribution in [1.82, 2.24) is 14.1 Å².